The molecule has 1 aromatic carbocycles. The van der Waals surface area contributed by atoms with Gasteiger partial charge in [0, 0.05) is 18.7 Å². The van der Waals surface area contributed by atoms with E-state index in [1.807, 2.05) is 0 Å². The summed E-state index contributed by atoms with van der Waals surface area (Å²) in [7, 11) is 1.50. The molecule has 0 saturated heterocycles. The normalized spacial score (nSPS) is 10.8. The van der Waals surface area contributed by atoms with Gasteiger partial charge < -0.3 is 15.0 Å². The third-order valence-electron chi connectivity index (χ3n) is 3.52. The molecule has 0 aliphatic heterocycles. The van der Waals surface area contributed by atoms with E-state index in [1.54, 1.807) is 11.4 Å². The molecular formula is C15H12N4O5S. The summed E-state index contributed by atoms with van der Waals surface area (Å²) in [6, 6.07) is 5.08. The van der Waals surface area contributed by atoms with Crippen molar-refractivity contribution in [3.63, 3.8) is 0 Å². The van der Waals surface area contributed by atoms with Gasteiger partial charge in [0.25, 0.3) is 11.5 Å². The summed E-state index contributed by atoms with van der Waals surface area (Å²) in [5.41, 5.74) is -0.112. The number of thiophene rings is 1. The molecule has 0 aliphatic rings. The number of aromatic hydroxyl groups is 1. The summed E-state index contributed by atoms with van der Waals surface area (Å²) in [5, 5.41) is 22.1. The van der Waals surface area contributed by atoms with Gasteiger partial charge in [-0.1, -0.05) is 0 Å². The molecule has 10 heteroatoms. The molecule has 0 bridgehead atoms. The first-order chi connectivity index (χ1) is 11.9. The van der Waals surface area contributed by atoms with Gasteiger partial charge in [-0.2, -0.15) is 0 Å². The van der Waals surface area contributed by atoms with Gasteiger partial charge in [-0.25, -0.2) is 4.98 Å². The van der Waals surface area contributed by atoms with E-state index in [0.29, 0.717) is 16.0 Å². The van der Waals surface area contributed by atoms with Crippen LogP contribution in [0.5, 0.6) is 5.75 Å². The van der Waals surface area contributed by atoms with Crippen LogP contribution in [0.3, 0.4) is 0 Å². The van der Waals surface area contributed by atoms with Gasteiger partial charge in [-0.05, 0) is 23.6 Å². The second-order valence-electron chi connectivity index (χ2n) is 5.27. The minimum atomic E-state index is -0.738. The topological polar surface area (TPSA) is 129 Å². The molecule has 0 radical (unpaired) electrons. The van der Waals surface area contributed by atoms with E-state index in [2.05, 4.69) is 9.97 Å². The Morgan fingerprint density at radius 1 is 1.44 bits per heavy atom. The van der Waals surface area contributed by atoms with E-state index in [0.717, 1.165) is 12.1 Å². The molecule has 2 aromatic heterocycles. The predicted molar refractivity (Wildman–Crippen MR) is 90.8 cm³/mol. The minimum absolute atomic E-state index is 0.0393. The lowest BCUT2D eigenvalue weighted by Gasteiger charge is -2.16. The number of hydrogen-bond donors (Lipinski definition) is 2. The quantitative estimate of drug-likeness (QED) is 0.540. The maximum absolute atomic E-state index is 12.4. The van der Waals surface area contributed by atoms with Crippen molar-refractivity contribution < 1.29 is 14.8 Å². The molecule has 3 aromatic rings. The molecule has 25 heavy (non-hydrogen) atoms. The van der Waals surface area contributed by atoms with Crippen LogP contribution in [-0.2, 0) is 6.54 Å². The van der Waals surface area contributed by atoms with Gasteiger partial charge in [0.05, 0.1) is 17.0 Å². The molecule has 1 amide bonds. The molecule has 0 spiro atoms. The van der Waals surface area contributed by atoms with E-state index in [9.17, 15) is 24.8 Å². The number of rotatable bonds is 4. The van der Waals surface area contributed by atoms with E-state index in [-0.39, 0.29) is 17.7 Å². The number of phenols is 1. The monoisotopic (exact) mass is 360 g/mol. The number of amides is 1. The number of phenolic OH excluding ortho intramolecular Hbond substituents is 1. The highest BCUT2D eigenvalue weighted by Gasteiger charge is 2.19. The van der Waals surface area contributed by atoms with E-state index in [4.69, 9.17) is 0 Å². The average Bonchev–Trinajstić information content (AvgIpc) is 3.02. The Kier molecular flexibility index (Phi) is 4.19. The molecule has 3 rings (SSSR count). The van der Waals surface area contributed by atoms with Crippen LogP contribution in [-0.4, -0.2) is 37.9 Å². The van der Waals surface area contributed by atoms with Crippen LogP contribution in [0.4, 0.5) is 5.69 Å². The number of carbonyl (C=O) groups excluding carboxylic acids is 1. The fraction of sp³-hybridized carbons (Fsp3) is 0.133. The Morgan fingerprint density at radius 2 is 2.20 bits per heavy atom. The van der Waals surface area contributed by atoms with Crippen molar-refractivity contribution >= 4 is 33.1 Å². The maximum atomic E-state index is 12.4. The summed E-state index contributed by atoms with van der Waals surface area (Å²) in [6.07, 6.45) is 0. The standard InChI is InChI=1S/C15H12N4O5S/c1-18(7-12-16-9-4-5-25-13(9)14(21)17-12)15(22)8-2-3-10(19(23)24)11(20)6-8/h2-6,20H,7H2,1H3,(H,16,17,21). The molecule has 2 N–H and O–H groups in total. The van der Waals surface area contributed by atoms with Gasteiger partial charge in [-0.3, -0.25) is 19.7 Å². The van der Waals surface area contributed by atoms with Crippen molar-refractivity contribution in [2.45, 2.75) is 6.54 Å². The lowest BCUT2D eigenvalue weighted by Crippen LogP contribution is -2.28. The number of benzene rings is 1. The van der Waals surface area contributed by atoms with Crippen molar-refractivity contribution in [1.29, 1.82) is 0 Å². The lowest BCUT2D eigenvalue weighted by molar-refractivity contribution is -0.385. The Morgan fingerprint density at radius 3 is 2.88 bits per heavy atom. The summed E-state index contributed by atoms with van der Waals surface area (Å²) in [5.74, 6) is -0.744. The van der Waals surface area contributed by atoms with Crippen LogP contribution in [0.2, 0.25) is 0 Å². The first-order valence-electron chi connectivity index (χ1n) is 7.06. The number of nitro groups is 1. The highest BCUT2D eigenvalue weighted by atomic mass is 32.1. The first kappa shape index (κ1) is 16.6. The van der Waals surface area contributed by atoms with Crippen LogP contribution in [0, 0.1) is 10.1 Å². The second-order valence-corrected chi connectivity index (χ2v) is 6.19. The maximum Gasteiger partial charge on any atom is 0.310 e. The Labute approximate surface area is 144 Å². The predicted octanol–water partition coefficient (Wildman–Crippen LogP) is 1.87. The number of nitrogens with zero attached hydrogens (tertiary/aromatic N) is 3. The molecule has 9 nitrogen and oxygen atoms in total. The Hall–Kier alpha value is -3.27. The molecule has 2 heterocycles. The molecular weight excluding hydrogens is 348 g/mol. The SMILES string of the molecule is CN(Cc1nc2ccsc2c(=O)[nH]1)C(=O)c1ccc([N+](=O)[O-])c(O)c1. The third kappa shape index (κ3) is 3.19. The van der Waals surface area contributed by atoms with Crippen LogP contribution >= 0.6 is 11.3 Å². The van der Waals surface area contributed by atoms with Crippen LogP contribution < -0.4 is 5.56 Å². The van der Waals surface area contributed by atoms with Crippen molar-refractivity contribution in [2.24, 2.45) is 0 Å². The van der Waals surface area contributed by atoms with Crippen LogP contribution in [0.25, 0.3) is 10.2 Å². The largest absolute Gasteiger partial charge is 0.502 e. The van der Waals surface area contributed by atoms with Crippen LogP contribution in [0.1, 0.15) is 16.2 Å². The van der Waals surface area contributed by atoms with Gasteiger partial charge in [0.15, 0.2) is 5.75 Å². The van der Waals surface area contributed by atoms with Gasteiger partial charge in [0.2, 0.25) is 0 Å². The summed E-state index contributed by atoms with van der Waals surface area (Å²) < 4.78 is 0.512. The smallest absolute Gasteiger partial charge is 0.310 e. The van der Waals surface area contributed by atoms with Gasteiger partial charge >= 0.3 is 5.69 Å². The van der Waals surface area contributed by atoms with Gasteiger partial charge in [-0.15, -0.1) is 11.3 Å². The molecule has 0 saturated carbocycles. The van der Waals surface area contributed by atoms with E-state index >= 15 is 0 Å². The molecule has 0 atom stereocenters. The average molecular weight is 360 g/mol. The Bertz CT molecular complexity index is 1040. The molecule has 0 fully saturated rings. The third-order valence-corrected chi connectivity index (χ3v) is 4.42. The number of nitro benzene ring substituents is 1. The minimum Gasteiger partial charge on any atom is -0.502 e. The van der Waals surface area contributed by atoms with Crippen molar-refractivity contribution in [1.82, 2.24) is 14.9 Å². The zero-order chi connectivity index (χ0) is 18.1. The van der Waals surface area contributed by atoms with E-state index in [1.165, 1.54) is 29.4 Å². The number of aromatic amines is 1. The molecule has 0 aliphatic carbocycles. The van der Waals surface area contributed by atoms with Crippen molar-refractivity contribution in [3.8, 4) is 5.75 Å². The highest BCUT2D eigenvalue weighted by molar-refractivity contribution is 7.17. The second kappa shape index (κ2) is 6.32. The van der Waals surface area contributed by atoms with Crippen molar-refractivity contribution in [3.05, 3.63) is 61.5 Å². The number of carbonyl (C=O) groups is 1. The van der Waals surface area contributed by atoms with Crippen LogP contribution in [0.15, 0.2) is 34.4 Å². The van der Waals surface area contributed by atoms with Crippen molar-refractivity contribution in [2.75, 3.05) is 7.05 Å². The number of H-pyrrole nitrogens is 1. The number of aromatic nitrogens is 2. The number of fused-ring (bicyclic) bond motifs is 1. The summed E-state index contributed by atoms with van der Waals surface area (Å²) >= 11 is 1.28. The van der Waals surface area contributed by atoms with E-state index < -0.39 is 22.3 Å². The highest BCUT2D eigenvalue weighted by Crippen LogP contribution is 2.26. The molecule has 0 unspecified atom stereocenters. The zero-order valence-electron chi connectivity index (χ0n) is 12.9. The summed E-state index contributed by atoms with van der Waals surface area (Å²) in [6.45, 7) is 0.0393. The summed E-state index contributed by atoms with van der Waals surface area (Å²) in [4.78, 5) is 42.5. The molecule has 128 valence electrons. The zero-order valence-corrected chi connectivity index (χ0v) is 13.7. The fourth-order valence-electron chi connectivity index (χ4n) is 2.32. The number of nitrogens with one attached hydrogen (secondary N) is 1. The first-order valence-corrected chi connectivity index (χ1v) is 7.94. The Balaban J connectivity index is 1.83. The number of hydrogen-bond acceptors (Lipinski definition) is 7. The fourth-order valence-corrected chi connectivity index (χ4v) is 3.05. The lowest BCUT2D eigenvalue weighted by atomic mass is 10.1. The van der Waals surface area contributed by atoms with Gasteiger partial charge in [0.1, 0.15) is 10.5 Å².